The van der Waals surface area contributed by atoms with Crippen LogP contribution in [0.3, 0.4) is 0 Å². The molecular weight excluding hydrogens is 355 g/mol. The lowest BCUT2D eigenvalue weighted by Gasteiger charge is -2.19. The average molecular weight is 371 g/mol. The van der Waals surface area contributed by atoms with Crippen molar-refractivity contribution in [3.05, 3.63) is 23.2 Å². The zero-order valence-electron chi connectivity index (χ0n) is 13.5. The van der Waals surface area contributed by atoms with E-state index < -0.39 is 36.3 Å². The third kappa shape index (κ3) is 3.42. The normalized spacial score (nSPS) is 25.9. The average Bonchev–Trinajstić information content (AvgIpc) is 3.09. The van der Waals surface area contributed by atoms with Crippen molar-refractivity contribution in [2.45, 2.75) is 38.2 Å². The monoisotopic (exact) mass is 370 g/mol. The molecule has 3 rings (SSSR count). The van der Waals surface area contributed by atoms with Crippen molar-refractivity contribution in [3.63, 3.8) is 0 Å². The molecule has 0 unspecified atom stereocenters. The molecule has 1 aliphatic heterocycles. The summed E-state index contributed by atoms with van der Waals surface area (Å²) in [5.74, 6) is -1.12. The Morgan fingerprint density at radius 1 is 1.32 bits per heavy atom. The first kappa shape index (κ1) is 17.6. The van der Waals surface area contributed by atoms with Crippen LogP contribution in [0.15, 0.2) is 12.5 Å². The molecule has 1 aliphatic rings. The molecule has 0 bridgehead atoms. The van der Waals surface area contributed by atoms with Crippen LogP contribution < -0.4 is 5.32 Å². The van der Waals surface area contributed by atoms with E-state index in [1.807, 2.05) is 0 Å². The lowest BCUT2D eigenvalue weighted by Crippen LogP contribution is -2.39. The standard InChI is InChI=1S/C15H16ClFN4O4/c1-6(22)24-4-9-14(25-7(2)23)10(17)11(21-9)8-3-18-13-12(8)19-5-20-15(13)16/h3,5,9-11,14,18,21H,4H2,1-2H3/t9-,10-,11+,14-/m1/s1. The highest BCUT2D eigenvalue weighted by atomic mass is 35.5. The van der Waals surface area contributed by atoms with Crippen molar-refractivity contribution < 1.29 is 23.5 Å². The third-order valence-electron chi connectivity index (χ3n) is 3.97. The summed E-state index contributed by atoms with van der Waals surface area (Å²) in [5.41, 5.74) is 1.48. The highest BCUT2D eigenvalue weighted by Crippen LogP contribution is 2.36. The molecule has 3 heterocycles. The summed E-state index contributed by atoms with van der Waals surface area (Å²) < 4.78 is 25.0. The second kappa shape index (κ2) is 6.93. The number of H-pyrrole nitrogens is 1. The summed E-state index contributed by atoms with van der Waals surface area (Å²) in [6, 6.07) is -1.50. The summed E-state index contributed by atoms with van der Waals surface area (Å²) in [5, 5.41) is 3.23. The minimum Gasteiger partial charge on any atom is -0.464 e. The number of esters is 2. The number of fused-ring (bicyclic) bond motifs is 1. The molecule has 1 fully saturated rings. The lowest BCUT2D eigenvalue weighted by molar-refractivity contribution is -0.151. The van der Waals surface area contributed by atoms with Gasteiger partial charge in [0.1, 0.15) is 18.5 Å². The minimum atomic E-state index is -1.56. The Morgan fingerprint density at radius 3 is 2.76 bits per heavy atom. The molecule has 2 aromatic heterocycles. The van der Waals surface area contributed by atoms with Crippen LogP contribution in [0.1, 0.15) is 25.5 Å². The second-order valence-corrected chi connectivity index (χ2v) is 6.06. The van der Waals surface area contributed by atoms with Gasteiger partial charge in [0.05, 0.1) is 17.6 Å². The quantitative estimate of drug-likeness (QED) is 0.619. The van der Waals surface area contributed by atoms with Gasteiger partial charge < -0.3 is 14.5 Å². The highest BCUT2D eigenvalue weighted by molar-refractivity contribution is 6.33. The fraction of sp³-hybridized carbons (Fsp3) is 0.467. The number of alkyl halides is 1. The summed E-state index contributed by atoms with van der Waals surface area (Å²) in [7, 11) is 0. The van der Waals surface area contributed by atoms with E-state index in [-0.39, 0.29) is 11.8 Å². The fourth-order valence-corrected chi connectivity index (χ4v) is 3.13. The molecule has 25 heavy (non-hydrogen) atoms. The molecule has 0 amide bonds. The smallest absolute Gasteiger partial charge is 0.303 e. The van der Waals surface area contributed by atoms with Gasteiger partial charge in [-0.2, -0.15) is 0 Å². The first-order valence-electron chi connectivity index (χ1n) is 7.56. The molecule has 134 valence electrons. The first-order valence-corrected chi connectivity index (χ1v) is 7.94. The van der Waals surface area contributed by atoms with E-state index in [4.69, 9.17) is 21.1 Å². The number of hydrogen-bond acceptors (Lipinski definition) is 7. The van der Waals surface area contributed by atoms with Gasteiger partial charge in [-0.05, 0) is 0 Å². The number of ether oxygens (including phenoxy) is 2. The Hall–Kier alpha value is -2.26. The molecule has 0 aliphatic carbocycles. The van der Waals surface area contributed by atoms with Crippen LogP contribution in [0.4, 0.5) is 4.39 Å². The molecule has 10 heteroatoms. The van der Waals surface area contributed by atoms with E-state index in [1.54, 1.807) is 6.20 Å². The van der Waals surface area contributed by atoms with E-state index >= 15 is 4.39 Å². The van der Waals surface area contributed by atoms with Gasteiger partial charge in [-0.1, -0.05) is 11.6 Å². The van der Waals surface area contributed by atoms with Crippen LogP contribution in [0.25, 0.3) is 11.0 Å². The predicted molar refractivity (Wildman–Crippen MR) is 85.6 cm³/mol. The molecule has 0 spiro atoms. The van der Waals surface area contributed by atoms with Crippen molar-refractivity contribution in [3.8, 4) is 0 Å². The first-order chi connectivity index (χ1) is 11.9. The Kier molecular flexibility index (Phi) is 4.87. The molecule has 0 radical (unpaired) electrons. The molecule has 0 saturated carbocycles. The van der Waals surface area contributed by atoms with E-state index in [9.17, 15) is 9.59 Å². The summed E-state index contributed by atoms with van der Waals surface area (Å²) in [6.45, 7) is 2.32. The van der Waals surface area contributed by atoms with E-state index in [2.05, 4.69) is 20.3 Å². The van der Waals surface area contributed by atoms with Crippen LogP contribution in [0.5, 0.6) is 0 Å². The van der Waals surface area contributed by atoms with Crippen LogP contribution in [0.2, 0.25) is 5.15 Å². The number of nitrogens with zero attached hydrogens (tertiary/aromatic N) is 2. The molecular formula is C15H16ClFN4O4. The minimum absolute atomic E-state index is 0.123. The van der Waals surface area contributed by atoms with Crippen molar-refractivity contribution in [2.75, 3.05) is 6.61 Å². The maximum absolute atomic E-state index is 15.0. The zero-order chi connectivity index (χ0) is 18.1. The molecule has 2 N–H and O–H groups in total. The van der Waals surface area contributed by atoms with Crippen molar-refractivity contribution in [1.82, 2.24) is 20.3 Å². The molecule has 1 saturated heterocycles. The number of carbonyl (C=O) groups is 2. The van der Waals surface area contributed by atoms with Crippen LogP contribution >= 0.6 is 11.6 Å². The Balaban J connectivity index is 1.91. The fourth-order valence-electron chi connectivity index (χ4n) is 2.95. The van der Waals surface area contributed by atoms with Crippen LogP contribution in [-0.4, -0.2) is 51.8 Å². The maximum atomic E-state index is 15.0. The van der Waals surface area contributed by atoms with Crippen molar-refractivity contribution >= 4 is 34.6 Å². The number of nitrogens with one attached hydrogen (secondary N) is 2. The van der Waals surface area contributed by atoms with Gasteiger partial charge in [0, 0.05) is 25.6 Å². The number of rotatable bonds is 4. The predicted octanol–water partition coefficient (Wildman–Crippen LogP) is 1.46. The summed E-state index contributed by atoms with van der Waals surface area (Å²) >= 11 is 6.00. The third-order valence-corrected chi connectivity index (χ3v) is 4.26. The van der Waals surface area contributed by atoms with Gasteiger partial charge in [0.15, 0.2) is 17.4 Å². The Labute approximate surface area is 147 Å². The van der Waals surface area contributed by atoms with Gasteiger partial charge in [0.2, 0.25) is 0 Å². The van der Waals surface area contributed by atoms with Crippen LogP contribution in [0, 0.1) is 0 Å². The summed E-state index contributed by atoms with van der Waals surface area (Å²) in [4.78, 5) is 33.3. The Morgan fingerprint density at radius 2 is 2.08 bits per heavy atom. The van der Waals surface area contributed by atoms with Gasteiger partial charge in [-0.3, -0.25) is 14.9 Å². The lowest BCUT2D eigenvalue weighted by atomic mass is 10.0. The van der Waals surface area contributed by atoms with Crippen molar-refractivity contribution in [2.24, 2.45) is 0 Å². The van der Waals surface area contributed by atoms with E-state index in [0.717, 1.165) is 0 Å². The highest BCUT2D eigenvalue weighted by Gasteiger charge is 2.47. The zero-order valence-corrected chi connectivity index (χ0v) is 14.2. The van der Waals surface area contributed by atoms with E-state index in [1.165, 1.54) is 20.2 Å². The number of aromatic nitrogens is 3. The maximum Gasteiger partial charge on any atom is 0.303 e. The van der Waals surface area contributed by atoms with Gasteiger partial charge in [-0.15, -0.1) is 0 Å². The van der Waals surface area contributed by atoms with Gasteiger partial charge in [0.25, 0.3) is 0 Å². The molecule has 0 aromatic carbocycles. The van der Waals surface area contributed by atoms with Gasteiger partial charge in [-0.25, -0.2) is 14.4 Å². The number of halogens is 2. The number of aromatic amines is 1. The molecule has 8 nitrogen and oxygen atoms in total. The largest absolute Gasteiger partial charge is 0.464 e. The molecule has 2 aromatic rings. The Bertz CT molecular complexity index is 814. The SMILES string of the molecule is CC(=O)OC[C@H]1N[C@@H](c2c[nH]c3c(Cl)ncnc23)[C@@H](F)[C@@H]1OC(C)=O. The van der Waals surface area contributed by atoms with E-state index in [0.29, 0.717) is 16.6 Å². The number of carbonyl (C=O) groups excluding carboxylic acids is 2. The number of hydrogen-bond donors (Lipinski definition) is 2. The summed E-state index contributed by atoms with van der Waals surface area (Å²) in [6.07, 6.45) is 0.208. The topological polar surface area (TPSA) is 106 Å². The van der Waals surface area contributed by atoms with Crippen LogP contribution in [-0.2, 0) is 19.1 Å². The second-order valence-electron chi connectivity index (χ2n) is 5.70. The van der Waals surface area contributed by atoms with Crippen molar-refractivity contribution in [1.29, 1.82) is 0 Å². The molecule has 4 atom stereocenters. The van der Waals surface area contributed by atoms with Gasteiger partial charge >= 0.3 is 11.9 Å².